The SMILES string of the molecule is NC1SC2C=CC=CC2C1Cl. The van der Waals surface area contributed by atoms with Crippen molar-refractivity contribution >= 4 is 23.4 Å². The lowest BCUT2D eigenvalue weighted by molar-refractivity contribution is 0.643. The number of thioether (sulfide) groups is 1. The van der Waals surface area contributed by atoms with E-state index in [2.05, 4.69) is 24.3 Å². The zero-order chi connectivity index (χ0) is 7.84. The van der Waals surface area contributed by atoms with Gasteiger partial charge in [0.1, 0.15) is 0 Å². The van der Waals surface area contributed by atoms with E-state index < -0.39 is 0 Å². The van der Waals surface area contributed by atoms with E-state index in [1.807, 2.05) is 0 Å². The highest BCUT2D eigenvalue weighted by Gasteiger charge is 2.38. The van der Waals surface area contributed by atoms with Crippen molar-refractivity contribution in [3.05, 3.63) is 24.3 Å². The molecule has 0 aromatic heterocycles. The molecule has 4 unspecified atom stereocenters. The van der Waals surface area contributed by atoms with Crippen molar-refractivity contribution in [3.63, 3.8) is 0 Å². The van der Waals surface area contributed by atoms with Crippen molar-refractivity contribution in [2.24, 2.45) is 11.7 Å². The van der Waals surface area contributed by atoms with Crippen LogP contribution in [-0.4, -0.2) is 16.0 Å². The molecular weight excluding hydrogens is 178 g/mol. The summed E-state index contributed by atoms with van der Waals surface area (Å²) in [6.07, 6.45) is 8.45. The van der Waals surface area contributed by atoms with Gasteiger partial charge in [0.2, 0.25) is 0 Å². The van der Waals surface area contributed by atoms with Crippen LogP contribution in [-0.2, 0) is 0 Å². The lowest BCUT2D eigenvalue weighted by Crippen LogP contribution is -2.26. The molecule has 2 rings (SSSR count). The number of allylic oxidation sites excluding steroid dienone is 3. The zero-order valence-corrected chi connectivity index (χ0v) is 7.55. The number of hydrogen-bond acceptors (Lipinski definition) is 2. The maximum absolute atomic E-state index is 6.11. The predicted molar refractivity (Wildman–Crippen MR) is 50.8 cm³/mol. The minimum absolute atomic E-state index is 0.0964. The molecule has 0 bridgehead atoms. The van der Waals surface area contributed by atoms with E-state index in [1.54, 1.807) is 11.8 Å². The first-order valence-electron chi connectivity index (χ1n) is 3.69. The maximum atomic E-state index is 6.11. The molecule has 1 nitrogen and oxygen atoms in total. The molecule has 0 radical (unpaired) electrons. The van der Waals surface area contributed by atoms with Crippen molar-refractivity contribution in [3.8, 4) is 0 Å². The van der Waals surface area contributed by atoms with E-state index in [0.29, 0.717) is 11.2 Å². The lowest BCUT2D eigenvalue weighted by Gasteiger charge is -2.15. The second-order valence-corrected chi connectivity index (χ2v) is 4.72. The van der Waals surface area contributed by atoms with Crippen molar-refractivity contribution in [1.82, 2.24) is 0 Å². The summed E-state index contributed by atoms with van der Waals surface area (Å²) in [6.45, 7) is 0. The molecule has 1 aliphatic carbocycles. The Morgan fingerprint density at radius 3 is 2.73 bits per heavy atom. The second-order valence-electron chi connectivity index (χ2n) is 2.86. The number of fused-ring (bicyclic) bond motifs is 1. The number of halogens is 1. The molecule has 2 N–H and O–H groups in total. The summed E-state index contributed by atoms with van der Waals surface area (Å²) in [6, 6.07) is 0. The van der Waals surface area contributed by atoms with E-state index in [-0.39, 0.29) is 10.8 Å². The van der Waals surface area contributed by atoms with Gasteiger partial charge < -0.3 is 5.73 Å². The van der Waals surface area contributed by atoms with Gasteiger partial charge in [-0.15, -0.1) is 23.4 Å². The molecular formula is C8H10ClNS. The van der Waals surface area contributed by atoms with Crippen molar-refractivity contribution in [2.45, 2.75) is 16.0 Å². The van der Waals surface area contributed by atoms with Crippen LogP contribution in [0.5, 0.6) is 0 Å². The van der Waals surface area contributed by atoms with Gasteiger partial charge in [-0.2, -0.15) is 0 Å². The predicted octanol–water partition coefficient (Wildman–Crippen LogP) is 1.74. The normalized spacial score (nSPS) is 47.8. The van der Waals surface area contributed by atoms with E-state index >= 15 is 0 Å². The second kappa shape index (κ2) is 2.85. The molecule has 11 heavy (non-hydrogen) atoms. The van der Waals surface area contributed by atoms with E-state index in [0.717, 1.165) is 0 Å². The van der Waals surface area contributed by atoms with Gasteiger partial charge in [-0.3, -0.25) is 0 Å². The first-order chi connectivity index (χ1) is 5.29. The summed E-state index contributed by atoms with van der Waals surface area (Å²) >= 11 is 7.87. The van der Waals surface area contributed by atoms with Crippen molar-refractivity contribution in [2.75, 3.05) is 0 Å². The average Bonchev–Trinajstić information content (AvgIpc) is 2.30. The molecule has 4 atom stereocenters. The first-order valence-corrected chi connectivity index (χ1v) is 5.07. The Hall–Kier alpha value is 0.0800. The third-order valence-electron chi connectivity index (χ3n) is 2.12. The van der Waals surface area contributed by atoms with E-state index in [4.69, 9.17) is 17.3 Å². The van der Waals surface area contributed by atoms with Crippen LogP contribution in [0.25, 0.3) is 0 Å². The number of nitrogens with two attached hydrogens (primary N) is 1. The molecule has 0 aromatic carbocycles. The summed E-state index contributed by atoms with van der Waals surface area (Å²) in [5.74, 6) is 0.446. The summed E-state index contributed by atoms with van der Waals surface area (Å²) in [5.41, 5.74) is 5.80. The summed E-state index contributed by atoms with van der Waals surface area (Å²) in [4.78, 5) is 0. The van der Waals surface area contributed by atoms with Crippen molar-refractivity contribution in [1.29, 1.82) is 0 Å². The fraction of sp³-hybridized carbons (Fsp3) is 0.500. The van der Waals surface area contributed by atoms with Crippen LogP contribution in [0.15, 0.2) is 24.3 Å². The van der Waals surface area contributed by atoms with Gasteiger partial charge in [-0.05, 0) is 0 Å². The summed E-state index contributed by atoms with van der Waals surface area (Å²) < 4.78 is 0. The standard InChI is InChI=1S/C8H10ClNS/c9-7-5-3-1-2-4-6(5)11-8(7)10/h1-8H,10H2. The van der Waals surface area contributed by atoms with Crippen LogP contribution in [0, 0.1) is 5.92 Å². The van der Waals surface area contributed by atoms with Gasteiger partial charge in [-0.25, -0.2) is 0 Å². The Morgan fingerprint density at radius 1 is 1.27 bits per heavy atom. The summed E-state index contributed by atoms with van der Waals surface area (Å²) in [7, 11) is 0. The fourth-order valence-electron chi connectivity index (χ4n) is 1.50. The van der Waals surface area contributed by atoms with Gasteiger partial charge in [0.05, 0.1) is 10.8 Å². The van der Waals surface area contributed by atoms with Crippen LogP contribution in [0.3, 0.4) is 0 Å². The molecule has 0 amide bonds. The van der Waals surface area contributed by atoms with Gasteiger partial charge in [0.15, 0.2) is 0 Å². The maximum Gasteiger partial charge on any atom is 0.0685 e. The topological polar surface area (TPSA) is 26.0 Å². The highest BCUT2D eigenvalue weighted by molar-refractivity contribution is 8.01. The first kappa shape index (κ1) is 7.71. The smallest absolute Gasteiger partial charge is 0.0685 e. The molecule has 1 saturated heterocycles. The van der Waals surface area contributed by atoms with Crippen molar-refractivity contribution < 1.29 is 0 Å². The minimum atomic E-state index is 0.0964. The number of alkyl halides is 1. The third kappa shape index (κ3) is 1.24. The Labute approximate surface area is 75.7 Å². The molecule has 1 fully saturated rings. The van der Waals surface area contributed by atoms with Crippen LogP contribution in [0.1, 0.15) is 0 Å². The molecule has 1 aliphatic heterocycles. The zero-order valence-electron chi connectivity index (χ0n) is 5.98. The molecule has 60 valence electrons. The highest BCUT2D eigenvalue weighted by Crippen LogP contribution is 2.42. The molecule has 0 saturated carbocycles. The Bertz CT molecular complexity index is 214. The molecule has 1 heterocycles. The van der Waals surface area contributed by atoms with Gasteiger partial charge in [0.25, 0.3) is 0 Å². The number of hydrogen-bond donors (Lipinski definition) is 1. The molecule has 3 heteroatoms. The lowest BCUT2D eigenvalue weighted by atomic mass is 9.97. The largest absolute Gasteiger partial charge is 0.318 e. The van der Waals surface area contributed by atoms with Gasteiger partial charge >= 0.3 is 0 Å². The Morgan fingerprint density at radius 2 is 2.00 bits per heavy atom. The molecule has 0 aromatic rings. The van der Waals surface area contributed by atoms with Gasteiger partial charge in [0, 0.05) is 11.2 Å². The third-order valence-corrected chi connectivity index (χ3v) is 4.23. The molecule has 2 aliphatic rings. The summed E-state index contributed by atoms with van der Waals surface area (Å²) in [5, 5.41) is 0.711. The van der Waals surface area contributed by atoms with Crippen LogP contribution in [0.4, 0.5) is 0 Å². The average molecular weight is 188 g/mol. The van der Waals surface area contributed by atoms with Crippen LogP contribution in [0.2, 0.25) is 0 Å². The van der Waals surface area contributed by atoms with E-state index in [9.17, 15) is 0 Å². The fourth-order valence-corrected chi connectivity index (χ4v) is 3.33. The van der Waals surface area contributed by atoms with Crippen LogP contribution >= 0.6 is 23.4 Å². The number of rotatable bonds is 0. The Kier molecular flexibility index (Phi) is 2.00. The molecule has 0 spiro atoms. The van der Waals surface area contributed by atoms with Gasteiger partial charge in [-0.1, -0.05) is 24.3 Å². The quantitative estimate of drug-likeness (QED) is 0.585. The van der Waals surface area contributed by atoms with Crippen LogP contribution < -0.4 is 5.73 Å². The highest BCUT2D eigenvalue weighted by atomic mass is 35.5. The Balaban J connectivity index is 2.20. The van der Waals surface area contributed by atoms with E-state index in [1.165, 1.54) is 0 Å². The monoisotopic (exact) mass is 187 g/mol. The minimum Gasteiger partial charge on any atom is -0.318 e.